The van der Waals surface area contributed by atoms with Crippen LogP contribution in [-0.2, 0) is 10.5 Å². The Balaban J connectivity index is 1.60. The molecule has 10 heteroatoms. The topological polar surface area (TPSA) is 100 Å². The Hall–Kier alpha value is -3.69. The zero-order valence-corrected chi connectivity index (χ0v) is 18.6. The van der Waals surface area contributed by atoms with E-state index in [2.05, 4.69) is 10.4 Å². The molecule has 164 valence electrons. The lowest BCUT2D eigenvalue weighted by Crippen LogP contribution is -2.50. The average Bonchev–Trinajstić information content (AvgIpc) is 2.83. The molecule has 0 bridgehead atoms. The van der Waals surface area contributed by atoms with E-state index in [0.717, 1.165) is 5.56 Å². The molecule has 33 heavy (non-hydrogen) atoms. The third-order valence-electron chi connectivity index (χ3n) is 5.20. The fourth-order valence-electron chi connectivity index (χ4n) is 3.67. The molecule has 2 aliphatic rings. The minimum absolute atomic E-state index is 0.0307. The summed E-state index contributed by atoms with van der Waals surface area (Å²) in [5.74, 6) is 0.310. The summed E-state index contributed by atoms with van der Waals surface area (Å²) in [4.78, 5) is 28.8. The Kier molecular flexibility index (Phi) is 5.57. The Labute approximate surface area is 197 Å². The Bertz CT molecular complexity index is 1430. The highest BCUT2D eigenvalue weighted by Gasteiger charge is 2.35. The molecule has 0 radical (unpaired) electrons. The number of amidine groups is 1. The van der Waals surface area contributed by atoms with Crippen molar-refractivity contribution in [3.8, 4) is 0 Å². The van der Waals surface area contributed by atoms with Crippen molar-refractivity contribution in [3.63, 3.8) is 0 Å². The van der Waals surface area contributed by atoms with Crippen molar-refractivity contribution < 1.29 is 9.72 Å². The molecule has 5 rings (SSSR count). The molecular weight excluding hydrogens is 462 g/mol. The molecule has 8 nitrogen and oxygen atoms in total. The molecule has 0 aliphatic carbocycles. The second-order valence-electron chi connectivity index (χ2n) is 7.31. The van der Waals surface area contributed by atoms with E-state index >= 15 is 0 Å². The predicted octanol–water partition coefficient (Wildman–Crippen LogP) is 3.32. The van der Waals surface area contributed by atoms with E-state index in [9.17, 15) is 14.9 Å². The van der Waals surface area contributed by atoms with Gasteiger partial charge in [0.2, 0.25) is 0 Å². The van der Waals surface area contributed by atoms with Crippen molar-refractivity contribution in [2.45, 2.75) is 11.9 Å². The van der Waals surface area contributed by atoms with Crippen LogP contribution in [0.4, 0.5) is 5.69 Å². The van der Waals surface area contributed by atoms with E-state index in [-0.39, 0.29) is 16.6 Å². The van der Waals surface area contributed by atoms with Crippen molar-refractivity contribution in [2.75, 3.05) is 0 Å². The molecule has 1 amide bonds. The number of carbonyl (C=O) groups is 1. The lowest BCUT2D eigenvalue weighted by molar-refractivity contribution is -0.384. The molecule has 2 heterocycles. The number of halogens is 1. The number of carbonyl (C=O) groups excluding carboxylic acids is 1. The van der Waals surface area contributed by atoms with Crippen molar-refractivity contribution in [1.82, 2.24) is 10.3 Å². The summed E-state index contributed by atoms with van der Waals surface area (Å²) in [6, 6.07) is 21.6. The van der Waals surface area contributed by atoms with Crippen molar-refractivity contribution in [3.05, 3.63) is 110 Å². The second-order valence-corrected chi connectivity index (χ2v) is 8.69. The van der Waals surface area contributed by atoms with E-state index in [1.54, 1.807) is 18.2 Å². The van der Waals surface area contributed by atoms with Crippen LogP contribution < -0.4 is 15.9 Å². The lowest BCUT2D eigenvalue weighted by atomic mass is 10.1. The number of nitro groups is 1. The maximum absolute atomic E-state index is 13.2. The molecule has 0 spiro atoms. The van der Waals surface area contributed by atoms with Gasteiger partial charge in [0.05, 0.1) is 10.3 Å². The number of nitrogens with zero attached hydrogens (tertiary/aromatic N) is 4. The van der Waals surface area contributed by atoms with E-state index in [4.69, 9.17) is 16.6 Å². The van der Waals surface area contributed by atoms with Gasteiger partial charge in [-0.1, -0.05) is 78.0 Å². The maximum Gasteiger partial charge on any atom is 0.288 e. The number of hydrogen-bond acceptors (Lipinski definition) is 7. The molecule has 0 aromatic heterocycles. The van der Waals surface area contributed by atoms with Gasteiger partial charge in [-0.25, -0.2) is 5.01 Å². The van der Waals surface area contributed by atoms with Crippen LogP contribution in [0.5, 0.6) is 0 Å². The molecule has 3 aromatic rings. The summed E-state index contributed by atoms with van der Waals surface area (Å²) in [5, 5.41) is 22.2. The standard InChI is InChI=1S/C23H16ClN5O3S/c24-17-11-10-15(12-19(17)29(31)32)21-25-18-9-5-4-8-16(18)20-22(30)26-23(27-28(20)21)33-13-14-6-2-1-3-7-14/h1-12,21H,13H2,(H,26,27,30)/t21-/m0/s1. The fraction of sp³-hybridized carbons (Fsp3) is 0.0870. The zero-order valence-electron chi connectivity index (χ0n) is 17.0. The Morgan fingerprint density at radius 2 is 1.85 bits per heavy atom. The number of rotatable bonds is 4. The van der Waals surface area contributed by atoms with Crippen molar-refractivity contribution in [1.29, 1.82) is 0 Å². The van der Waals surface area contributed by atoms with Crippen LogP contribution in [0, 0.1) is 10.1 Å². The average molecular weight is 478 g/mol. The highest BCUT2D eigenvalue weighted by atomic mass is 35.5. The van der Waals surface area contributed by atoms with E-state index in [1.165, 1.54) is 28.9 Å². The summed E-state index contributed by atoms with van der Waals surface area (Å²) < 4.78 is 0. The molecule has 0 fully saturated rings. The molecular formula is C23H16ClN5O3S. The number of nitro benzene ring substituents is 1. The number of fused-ring (bicyclic) bond motifs is 2. The quantitative estimate of drug-likeness (QED) is 0.459. The molecule has 0 saturated heterocycles. The number of benzene rings is 3. The van der Waals surface area contributed by atoms with Gasteiger partial charge in [-0.3, -0.25) is 25.2 Å². The number of para-hydroxylation sites is 1. The Morgan fingerprint density at radius 1 is 1.09 bits per heavy atom. The largest absolute Gasteiger partial charge is 0.298 e. The van der Waals surface area contributed by atoms with Gasteiger partial charge in [0, 0.05) is 22.6 Å². The van der Waals surface area contributed by atoms with Gasteiger partial charge < -0.3 is 0 Å². The minimum Gasteiger partial charge on any atom is -0.298 e. The fourth-order valence-corrected chi connectivity index (χ4v) is 4.66. The summed E-state index contributed by atoms with van der Waals surface area (Å²) in [7, 11) is 0. The van der Waals surface area contributed by atoms with E-state index in [0.29, 0.717) is 32.8 Å². The van der Waals surface area contributed by atoms with Crippen LogP contribution >= 0.6 is 23.4 Å². The van der Waals surface area contributed by atoms with Crippen LogP contribution in [0.15, 0.2) is 82.9 Å². The van der Waals surface area contributed by atoms with E-state index in [1.807, 2.05) is 42.5 Å². The first-order chi connectivity index (χ1) is 16.0. The highest BCUT2D eigenvalue weighted by Crippen LogP contribution is 2.34. The van der Waals surface area contributed by atoms with Crippen LogP contribution in [0.3, 0.4) is 0 Å². The molecule has 1 atom stereocenters. The minimum atomic E-state index is -0.760. The third-order valence-corrected chi connectivity index (χ3v) is 6.45. The number of amides is 1. The number of nitrogens with one attached hydrogen (secondary N) is 1. The predicted molar refractivity (Wildman–Crippen MR) is 127 cm³/mol. The van der Waals surface area contributed by atoms with Crippen LogP contribution in [0.1, 0.15) is 17.3 Å². The van der Waals surface area contributed by atoms with E-state index < -0.39 is 11.1 Å². The molecule has 1 N–H and O–H groups in total. The van der Waals surface area contributed by atoms with Crippen LogP contribution in [0.25, 0.3) is 5.70 Å². The molecule has 0 unspecified atom stereocenters. The monoisotopic (exact) mass is 477 g/mol. The first-order valence-electron chi connectivity index (χ1n) is 9.98. The Morgan fingerprint density at radius 3 is 2.64 bits per heavy atom. The SMILES string of the molecule is O=C1NC(SCc2ccccc2)=NN2C1=c1ccccc1=N[C@@H]2c1ccc(Cl)c([N+](=O)[O-])c1. The highest BCUT2D eigenvalue weighted by molar-refractivity contribution is 8.13. The smallest absolute Gasteiger partial charge is 0.288 e. The lowest BCUT2D eigenvalue weighted by Gasteiger charge is -2.34. The summed E-state index contributed by atoms with van der Waals surface area (Å²) in [6.07, 6.45) is -0.760. The number of thioether (sulfide) groups is 1. The van der Waals surface area contributed by atoms with Gasteiger partial charge in [0.25, 0.3) is 11.6 Å². The number of hydrogen-bond donors (Lipinski definition) is 1. The van der Waals surface area contributed by atoms with Gasteiger partial charge in [-0.05, 0) is 17.7 Å². The molecule has 2 aliphatic heterocycles. The zero-order chi connectivity index (χ0) is 22.9. The van der Waals surface area contributed by atoms with Gasteiger partial charge in [-0.15, -0.1) is 5.10 Å². The molecule has 0 saturated carbocycles. The maximum atomic E-state index is 13.2. The van der Waals surface area contributed by atoms with Crippen molar-refractivity contribution in [2.24, 2.45) is 10.1 Å². The second kappa shape index (κ2) is 8.68. The molecule has 3 aromatic carbocycles. The van der Waals surface area contributed by atoms with Crippen LogP contribution in [-0.4, -0.2) is 21.0 Å². The summed E-state index contributed by atoms with van der Waals surface area (Å²) in [5.41, 5.74) is 1.71. The summed E-state index contributed by atoms with van der Waals surface area (Å²) >= 11 is 7.40. The number of hydrazone groups is 1. The van der Waals surface area contributed by atoms with Crippen LogP contribution in [0.2, 0.25) is 5.02 Å². The normalized spacial score (nSPS) is 16.8. The third kappa shape index (κ3) is 4.08. The van der Waals surface area contributed by atoms with Gasteiger partial charge in [-0.2, -0.15) is 0 Å². The first kappa shape index (κ1) is 21.2. The van der Waals surface area contributed by atoms with Crippen molar-refractivity contribution >= 4 is 45.8 Å². The van der Waals surface area contributed by atoms with Gasteiger partial charge in [0.1, 0.15) is 10.7 Å². The van der Waals surface area contributed by atoms with Gasteiger partial charge >= 0.3 is 0 Å². The van der Waals surface area contributed by atoms with Gasteiger partial charge in [0.15, 0.2) is 11.3 Å². The summed E-state index contributed by atoms with van der Waals surface area (Å²) in [6.45, 7) is 0. The first-order valence-corrected chi connectivity index (χ1v) is 11.3.